The zero-order chi connectivity index (χ0) is 18.8. The normalized spacial score (nSPS) is 28.9. The summed E-state index contributed by atoms with van der Waals surface area (Å²) in [5.74, 6) is -2.62. The Balaban J connectivity index is 2.26. The average molecular weight is 379 g/mol. The Hall–Kier alpha value is -2.05. The maximum Gasteiger partial charge on any atom is 0.433 e. The van der Waals surface area contributed by atoms with Crippen molar-refractivity contribution in [2.45, 2.75) is 22.6 Å². The van der Waals surface area contributed by atoms with Crippen molar-refractivity contribution in [1.82, 2.24) is 9.99 Å². The Bertz CT molecular complexity index is 901. The third-order valence-corrected chi connectivity index (χ3v) is 4.94. The van der Waals surface area contributed by atoms with Crippen LogP contribution in [0.3, 0.4) is 0 Å². The summed E-state index contributed by atoms with van der Waals surface area (Å²) in [6.07, 6.45) is -3.02. The van der Waals surface area contributed by atoms with Crippen LogP contribution in [0.2, 0.25) is 0 Å². The van der Waals surface area contributed by atoms with E-state index in [4.69, 9.17) is 9.47 Å². The molecule has 0 bridgehead atoms. The molecule has 136 valence electrons. The van der Waals surface area contributed by atoms with E-state index in [0.29, 0.717) is 12.3 Å². The highest BCUT2D eigenvalue weighted by Gasteiger charge is 2.80. The van der Waals surface area contributed by atoms with Crippen molar-refractivity contribution in [3.05, 3.63) is 23.4 Å². The SMILES string of the molecule is COC12OC1(c1ccc(C(F)(F)F)nc1S(C)(=O)=O)C=NN(C)C2=O. The number of amides is 1. The molecule has 1 amide bonds. The Morgan fingerprint density at radius 1 is 1.32 bits per heavy atom. The van der Waals surface area contributed by atoms with Crippen molar-refractivity contribution in [2.24, 2.45) is 5.10 Å². The fourth-order valence-electron chi connectivity index (χ4n) is 2.69. The molecule has 0 aliphatic carbocycles. The quantitative estimate of drug-likeness (QED) is 0.710. The molecule has 3 heterocycles. The number of hydrazone groups is 1. The molecule has 25 heavy (non-hydrogen) atoms. The number of carbonyl (C=O) groups is 1. The van der Waals surface area contributed by atoms with Gasteiger partial charge in [0.1, 0.15) is 5.69 Å². The average Bonchev–Trinajstić information content (AvgIpc) is 3.21. The Labute approximate surface area is 140 Å². The number of likely N-dealkylation sites (N-methyl/N-ethyl adjacent to an activating group) is 1. The number of pyridine rings is 1. The number of fused-ring (bicyclic) bond motifs is 1. The highest BCUT2D eigenvalue weighted by molar-refractivity contribution is 7.90. The largest absolute Gasteiger partial charge is 0.433 e. The van der Waals surface area contributed by atoms with Gasteiger partial charge in [0, 0.05) is 26.0 Å². The smallest absolute Gasteiger partial charge is 0.343 e. The van der Waals surface area contributed by atoms with E-state index < -0.39 is 44.0 Å². The number of hydrogen-bond donors (Lipinski definition) is 0. The van der Waals surface area contributed by atoms with Crippen LogP contribution in [0, 0.1) is 0 Å². The van der Waals surface area contributed by atoms with E-state index in [1.54, 1.807) is 0 Å². The van der Waals surface area contributed by atoms with Crippen LogP contribution in [0.1, 0.15) is 11.3 Å². The molecule has 0 aromatic carbocycles. The van der Waals surface area contributed by atoms with E-state index in [0.717, 1.165) is 24.4 Å². The molecule has 2 atom stereocenters. The highest BCUT2D eigenvalue weighted by Crippen LogP contribution is 2.58. The second-order valence-electron chi connectivity index (χ2n) is 5.55. The molecule has 8 nitrogen and oxygen atoms in total. The minimum absolute atomic E-state index is 0.255. The van der Waals surface area contributed by atoms with Crippen LogP contribution < -0.4 is 0 Å². The van der Waals surface area contributed by atoms with Crippen molar-refractivity contribution in [2.75, 3.05) is 20.4 Å². The van der Waals surface area contributed by atoms with Gasteiger partial charge in [0.05, 0.1) is 6.21 Å². The zero-order valence-corrected chi connectivity index (χ0v) is 14.0. The number of epoxide rings is 1. The van der Waals surface area contributed by atoms with Gasteiger partial charge in [-0.05, 0) is 6.07 Å². The second kappa shape index (κ2) is 4.99. The monoisotopic (exact) mass is 379 g/mol. The molecule has 0 N–H and O–H groups in total. The summed E-state index contributed by atoms with van der Waals surface area (Å²) in [4.78, 5) is 15.5. The van der Waals surface area contributed by atoms with Gasteiger partial charge in [-0.3, -0.25) is 4.79 Å². The molecule has 1 fully saturated rings. The van der Waals surface area contributed by atoms with Gasteiger partial charge >= 0.3 is 12.1 Å². The van der Waals surface area contributed by atoms with Gasteiger partial charge in [0.15, 0.2) is 14.9 Å². The number of aromatic nitrogens is 1. The third-order valence-electron chi connectivity index (χ3n) is 3.93. The zero-order valence-electron chi connectivity index (χ0n) is 13.2. The number of nitrogens with zero attached hydrogens (tertiary/aromatic N) is 3. The number of hydrogen-bond acceptors (Lipinski definition) is 7. The fourth-order valence-corrected chi connectivity index (χ4v) is 3.58. The maximum atomic E-state index is 12.9. The van der Waals surface area contributed by atoms with Crippen LogP contribution in [0.5, 0.6) is 0 Å². The minimum Gasteiger partial charge on any atom is -0.343 e. The van der Waals surface area contributed by atoms with Crippen molar-refractivity contribution in [3.63, 3.8) is 0 Å². The number of sulfone groups is 1. The Morgan fingerprint density at radius 3 is 2.48 bits per heavy atom. The first-order valence-electron chi connectivity index (χ1n) is 6.76. The Morgan fingerprint density at radius 2 is 1.96 bits per heavy atom. The predicted octanol–water partition coefficient (Wildman–Crippen LogP) is 0.530. The van der Waals surface area contributed by atoms with Crippen molar-refractivity contribution >= 4 is 22.0 Å². The Kier molecular flexibility index (Phi) is 3.54. The van der Waals surface area contributed by atoms with Crippen LogP contribution in [0.25, 0.3) is 0 Å². The molecule has 0 spiro atoms. The summed E-state index contributed by atoms with van der Waals surface area (Å²) >= 11 is 0. The van der Waals surface area contributed by atoms with E-state index in [9.17, 15) is 26.4 Å². The summed E-state index contributed by atoms with van der Waals surface area (Å²) in [7, 11) is -1.69. The molecule has 2 aliphatic heterocycles. The summed E-state index contributed by atoms with van der Waals surface area (Å²) in [5.41, 5.74) is -3.40. The molecule has 12 heteroatoms. The van der Waals surface area contributed by atoms with Gasteiger partial charge in [-0.15, -0.1) is 0 Å². The standard InChI is InChI=1S/C13H12F3N3O5S/c1-19-10(20)12(23-2)11(24-12,6-17-19)7-4-5-8(13(14,15)16)18-9(7)25(3,21)22/h4-6H,1-3H3. The lowest BCUT2D eigenvalue weighted by Crippen LogP contribution is -2.46. The maximum absolute atomic E-state index is 12.9. The topological polar surface area (TPSA) is 101 Å². The second-order valence-corrected chi connectivity index (χ2v) is 7.48. The lowest BCUT2D eigenvalue weighted by Gasteiger charge is -2.24. The molecule has 2 unspecified atom stereocenters. The predicted molar refractivity (Wildman–Crippen MR) is 76.1 cm³/mol. The molecule has 2 aliphatic rings. The molecule has 3 rings (SSSR count). The summed E-state index contributed by atoms with van der Waals surface area (Å²) in [6, 6.07) is 1.51. The molecule has 0 radical (unpaired) electrons. The third kappa shape index (κ3) is 2.35. The van der Waals surface area contributed by atoms with Gasteiger partial charge in [-0.2, -0.15) is 18.3 Å². The van der Waals surface area contributed by atoms with E-state index in [-0.39, 0.29) is 5.56 Å². The molecule has 0 saturated carbocycles. The van der Waals surface area contributed by atoms with Crippen LogP contribution in [0.4, 0.5) is 13.2 Å². The van der Waals surface area contributed by atoms with Crippen LogP contribution in [0.15, 0.2) is 22.3 Å². The molecule has 1 aromatic rings. The number of methoxy groups -OCH3 is 1. The van der Waals surface area contributed by atoms with Gasteiger partial charge in [0.2, 0.25) is 5.60 Å². The van der Waals surface area contributed by atoms with Crippen LogP contribution >= 0.6 is 0 Å². The van der Waals surface area contributed by atoms with E-state index in [1.807, 2.05) is 0 Å². The van der Waals surface area contributed by atoms with Gasteiger partial charge in [0.25, 0.3) is 5.79 Å². The number of rotatable bonds is 3. The summed E-state index contributed by atoms with van der Waals surface area (Å²) in [6.45, 7) is 0. The first-order valence-corrected chi connectivity index (χ1v) is 8.65. The van der Waals surface area contributed by atoms with Crippen LogP contribution in [-0.2, 0) is 35.9 Å². The van der Waals surface area contributed by atoms with Crippen LogP contribution in [-0.4, -0.2) is 56.7 Å². The van der Waals surface area contributed by atoms with E-state index in [1.165, 1.54) is 7.05 Å². The van der Waals surface area contributed by atoms with E-state index >= 15 is 0 Å². The van der Waals surface area contributed by atoms with Gasteiger partial charge in [-0.1, -0.05) is 6.07 Å². The molecular weight excluding hydrogens is 367 g/mol. The molecular formula is C13H12F3N3O5S. The first-order chi connectivity index (χ1) is 11.4. The van der Waals surface area contributed by atoms with Gasteiger partial charge in [-0.25, -0.2) is 18.4 Å². The molecule has 1 aromatic heterocycles. The number of halogens is 3. The number of alkyl halides is 3. The summed E-state index contributed by atoms with van der Waals surface area (Å²) < 4.78 is 73.2. The summed E-state index contributed by atoms with van der Waals surface area (Å²) in [5, 5.41) is 3.84. The minimum atomic E-state index is -4.84. The first kappa shape index (κ1) is 17.8. The van der Waals surface area contributed by atoms with Crippen molar-refractivity contribution in [1.29, 1.82) is 0 Å². The van der Waals surface area contributed by atoms with E-state index in [2.05, 4.69) is 10.1 Å². The fraction of sp³-hybridized carbons (Fsp3) is 0.462. The van der Waals surface area contributed by atoms with Crippen molar-refractivity contribution < 1.29 is 35.9 Å². The number of ether oxygens (including phenoxy) is 2. The molecule has 1 saturated heterocycles. The highest BCUT2D eigenvalue weighted by atomic mass is 32.2. The van der Waals surface area contributed by atoms with Crippen molar-refractivity contribution in [3.8, 4) is 0 Å². The lowest BCUT2D eigenvalue weighted by molar-refractivity contribution is -0.153. The number of carbonyl (C=O) groups excluding carboxylic acids is 1. The lowest BCUT2D eigenvalue weighted by atomic mass is 9.93. The van der Waals surface area contributed by atoms with Gasteiger partial charge < -0.3 is 9.47 Å².